The molecule has 1 saturated heterocycles. The van der Waals surface area contributed by atoms with Gasteiger partial charge in [-0.1, -0.05) is 6.92 Å². The van der Waals surface area contributed by atoms with Gasteiger partial charge in [0, 0.05) is 33.9 Å². The molecule has 0 spiro atoms. The second-order valence-corrected chi connectivity index (χ2v) is 6.72. The van der Waals surface area contributed by atoms with Crippen molar-refractivity contribution >= 4 is 27.3 Å². The summed E-state index contributed by atoms with van der Waals surface area (Å²) in [5.74, 6) is 0. The zero-order chi connectivity index (χ0) is 13.1. The van der Waals surface area contributed by atoms with E-state index in [1.807, 2.05) is 0 Å². The van der Waals surface area contributed by atoms with E-state index in [0.717, 1.165) is 30.6 Å². The predicted octanol–water partition coefficient (Wildman–Crippen LogP) is 3.01. The number of thiophene rings is 1. The van der Waals surface area contributed by atoms with Crippen LogP contribution < -0.4 is 5.73 Å². The van der Waals surface area contributed by atoms with Gasteiger partial charge in [-0.3, -0.25) is 4.90 Å². The van der Waals surface area contributed by atoms with Gasteiger partial charge < -0.3 is 10.5 Å². The molecule has 0 radical (unpaired) electrons. The summed E-state index contributed by atoms with van der Waals surface area (Å²) in [6, 6.07) is 2.70. The third kappa shape index (κ3) is 3.33. The molecule has 2 rings (SSSR count). The van der Waals surface area contributed by atoms with Crippen LogP contribution in [0.2, 0.25) is 0 Å². The molecule has 0 saturated carbocycles. The monoisotopic (exact) mass is 332 g/mol. The largest absolute Gasteiger partial charge is 0.376 e. The molecule has 0 aliphatic carbocycles. The van der Waals surface area contributed by atoms with Gasteiger partial charge in [0.1, 0.15) is 0 Å². The normalized spacial score (nSPS) is 25.0. The van der Waals surface area contributed by atoms with Crippen molar-refractivity contribution in [3.8, 4) is 0 Å². The highest BCUT2D eigenvalue weighted by molar-refractivity contribution is 9.10. The number of morpholine rings is 1. The van der Waals surface area contributed by atoms with Crippen molar-refractivity contribution in [2.45, 2.75) is 38.5 Å². The Morgan fingerprint density at radius 2 is 2.44 bits per heavy atom. The maximum absolute atomic E-state index is 6.34. The van der Waals surface area contributed by atoms with E-state index in [-0.39, 0.29) is 6.04 Å². The Hall–Kier alpha value is 0.0600. The van der Waals surface area contributed by atoms with E-state index in [4.69, 9.17) is 10.5 Å². The number of nitrogens with zero attached hydrogens (tertiary/aromatic N) is 1. The van der Waals surface area contributed by atoms with Crippen LogP contribution in [0, 0.1) is 0 Å². The Balaban J connectivity index is 2.19. The molecule has 3 atom stereocenters. The molecule has 1 aromatic heterocycles. The molecule has 1 aliphatic heterocycles. The third-order valence-electron chi connectivity index (χ3n) is 3.42. The molecule has 3 unspecified atom stereocenters. The lowest BCUT2D eigenvalue weighted by atomic mass is 10.0. The van der Waals surface area contributed by atoms with Gasteiger partial charge in [0.2, 0.25) is 0 Å². The summed E-state index contributed by atoms with van der Waals surface area (Å²) in [5, 5.41) is 2.13. The Bertz CT molecular complexity index is 385. The molecular formula is C13H21BrN2OS. The summed E-state index contributed by atoms with van der Waals surface area (Å²) in [6.45, 7) is 7.03. The van der Waals surface area contributed by atoms with Crippen molar-refractivity contribution in [3.05, 3.63) is 20.8 Å². The number of hydrogen-bond donors (Lipinski definition) is 1. The summed E-state index contributed by atoms with van der Waals surface area (Å²) < 4.78 is 6.77. The molecule has 102 valence electrons. The first-order chi connectivity index (χ1) is 8.61. The molecule has 2 heterocycles. The van der Waals surface area contributed by atoms with Crippen LogP contribution in [-0.4, -0.2) is 36.7 Å². The number of nitrogens with two attached hydrogens (primary N) is 1. The topological polar surface area (TPSA) is 38.5 Å². The fourth-order valence-electron chi connectivity index (χ4n) is 2.47. The highest BCUT2D eigenvalue weighted by atomic mass is 79.9. The molecule has 18 heavy (non-hydrogen) atoms. The van der Waals surface area contributed by atoms with Crippen molar-refractivity contribution in [2.75, 3.05) is 19.7 Å². The van der Waals surface area contributed by atoms with Crippen LogP contribution in [0.5, 0.6) is 0 Å². The van der Waals surface area contributed by atoms with Crippen molar-refractivity contribution in [1.29, 1.82) is 0 Å². The number of halogens is 1. The van der Waals surface area contributed by atoms with Crippen LogP contribution in [0.1, 0.15) is 31.2 Å². The summed E-state index contributed by atoms with van der Waals surface area (Å²) in [7, 11) is 0. The molecule has 0 aromatic carbocycles. The average Bonchev–Trinajstić information content (AvgIpc) is 2.76. The van der Waals surface area contributed by atoms with E-state index in [9.17, 15) is 0 Å². The SMILES string of the molecule is CCC(N)C(c1cc(Br)cs1)N1CCOC(C)C1. The maximum atomic E-state index is 6.34. The fourth-order valence-corrected chi connectivity index (χ4v) is 4.12. The Kier molecular flexibility index (Phi) is 5.21. The van der Waals surface area contributed by atoms with Crippen molar-refractivity contribution in [3.63, 3.8) is 0 Å². The van der Waals surface area contributed by atoms with Crippen LogP contribution in [-0.2, 0) is 4.74 Å². The molecule has 1 aromatic rings. The highest BCUT2D eigenvalue weighted by Crippen LogP contribution is 2.33. The van der Waals surface area contributed by atoms with E-state index in [2.05, 4.69) is 46.1 Å². The zero-order valence-electron chi connectivity index (χ0n) is 10.9. The van der Waals surface area contributed by atoms with Gasteiger partial charge in [0.15, 0.2) is 0 Å². The quantitative estimate of drug-likeness (QED) is 0.921. The van der Waals surface area contributed by atoms with Gasteiger partial charge in [0.25, 0.3) is 0 Å². The van der Waals surface area contributed by atoms with Crippen LogP contribution in [0.15, 0.2) is 15.9 Å². The van der Waals surface area contributed by atoms with E-state index in [1.165, 1.54) is 4.88 Å². The molecule has 5 heteroatoms. The second kappa shape index (κ2) is 6.48. The van der Waals surface area contributed by atoms with Gasteiger partial charge in [-0.25, -0.2) is 0 Å². The Labute approximate surface area is 121 Å². The van der Waals surface area contributed by atoms with E-state index >= 15 is 0 Å². The Morgan fingerprint density at radius 3 is 3.00 bits per heavy atom. The first kappa shape index (κ1) is 14.5. The molecule has 2 N–H and O–H groups in total. The second-order valence-electron chi connectivity index (χ2n) is 4.86. The molecule has 1 aliphatic rings. The number of hydrogen-bond acceptors (Lipinski definition) is 4. The first-order valence-electron chi connectivity index (χ1n) is 6.47. The minimum Gasteiger partial charge on any atom is -0.376 e. The van der Waals surface area contributed by atoms with Crippen molar-refractivity contribution in [1.82, 2.24) is 4.90 Å². The smallest absolute Gasteiger partial charge is 0.0674 e. The van der Waals surface area contributed by atoms with Crippen molar-refractivity contribution < 1.29 is 4.74 Å². The molecule has 1 fully saturated rings. The molecular weight excluding hydrogens is 312 g/mol. The van der Waals surface area contributed by atoms with Gasteiger partial charge in [-0.05, 0) is 35.3 Å². The highest BCUT2D eigenvalue weighted by Gasteiger charge is 2.30. The lowest BCUT2D eigenvalue weighted by Crippen LogP contribution is -2.48. The third-order valence-corrected chi connectivity index (χ3v) is 5.19. The summed E-state index contributed by atoms with van der Waals surface area (Å²) >= 11 is 5.32. The number of rotatable bonds is 4. The average molecular weight is 333 g/mol. The molecule has 0 bridgehead atoms. The minimum atomic E-state index is 0.181. The van der Waals surface area contributed by atoms with Gasteiger partial charge in [-0.2, -0.15) is 0 Å². The standard InChI is InChI=1S/C13H21BrN2OS/c1-3-11(15)13(12-6-10(14)8-18-12)16-4-5-17-9(2)7-16/h6,8-9,11,13H,3-5,7,15H2,1-2H3. The van der Waals surface area contributed by atoms with Crippen LogP contribution in [0.25, 0.3) is 0 Å². The number of ether oxygens (including phenoxy) is 1. The summed E-state index contributed by atoms with van der Waals surface area (Å²) in [5.41, 5.74) is 6.34. The van der Waals surface area contributed by atoms with Gasteiger partial charge >= 0.3 is 0 Å². The van der Waals surface area contributed by atoms with E-state index in [1.54, 1.807) is 11.3 Å². The molecule has 3 nitrogen and oxygen atoms in total. The van der Waals surface area contributed by atoms with Crippen molar-refractivity contribution in [2.24, 2.45) is 5.73 Å². The van der Waals surface area contributed by atoms with Crippen LogP contribution >= 0.6 is 27.3 Å². The van der Waals surface area contributed by atoms with Crippen LogP contribution in [0.3, 0.4) is 0 Å². The molecule has 0 amide bonds. The fraction of sp³-hybridized carbons (Fsp3) is 0.692. The first-order valence-corrected chi connectivity index (χ1v) is 8.14. The lowest BCUT2D eigenvalue weighted by molar-refractivity contribution is -0.0381. The Morgan fingerprint density at radius 1 is 1.67 bits per heavy atom. The lowest BCUT2D eigenvalue weighted by Gasteiger charge is -2.39. The van der Waals surface area contributed by atoms with E-state index < -0.39 is 0 Å². The summed E-state index contributed by atoms with van der Waals surface area (Å²) in [6.07, 6.45) is 1.29. The minimum absolute atomic E-state index is 0.181. The van der Waals surface area contributed by atoms with Crippen LogP contribution in [0.4, 0.5) is 0 Å². The maximum Gasteiger partial charge on any atom is 0.0674 e. The van der Waals surface area contributed by atoms with Gasteiger partial charge in [0.05, 0.1) is 18.8 Å². The van der Waals surface area contributed by atoms with Gasteiger partial charge in [-0.15, -0.1) is 11.3 Å². The van der Waals surface area contributed by atoms with E-state index in [0.29, 0.717) is 12.1 Å². The predicted molar refractivity (Wildman–Crippen MR) is 80.0 cm³/mol. The zero-order valence-corrected chi connectivity index (χ0v) is 13.3. The summed E-state index contributed by atoms with van der Waals surface area (Å²) in [4.78, 5) is 3.82.